The van der Waals surface area contributed by atoms with E-state index >= 15 is 0 Å². The van der Waals surface area contributed by atoms with Crippen molar-refractivity contribution in [2.24, 2.45) is 5.41 Å². The molecule has 4 aliphatic rings. The van der Waals surface area contributed by atoms with Crippen molar-refractivity contribution < 1.29 is 28.8 Å². The summed E-state index contributed by atoms with van der Waals surface area (Å²) >= 11 is 0. The summed E-state index contributed by atoms with van der Waals surface area (Å²) < 4.78 is 10.9. The Bertz CT molecular complexity index is 1340. The number of ether oxygens (including phenoxy) is 2. The Balaban J connectivity index is 1.40. The highest BCUT2D eigenvalue weighted by Crippen LogP contribution is 2.47. The van der Waals surface area contributed by atoms with Gasteiger partial charge in [-0.1, -0.05) is 6.07 Å². The maximum atomic E-state index is 13.8. The fraction of sp³-hybridized carbons (Fsp3) is 0.400. The topological polar surface area (TPSA) is 126 Å². The molecule has 12 heteroatoms. The molecule has 1 unspecified atom stereocenters. The number of piperazine rings is 1. The van der Waals surface area contributed by atoms with Crippen LogP contribution in [-0.4, -0.2) is 84.0 Å². The average molecular weight is 508 g/mol. The molecule has 2 saturated heterocycles. The summed E-state index contributed by atoms with van der Waals surface area (Å²) in [7, 11) is 2.74. The second-order valence-electron chi connectivity index (χ2n) is 9.86. The molecule has 192 valence electrons. The Kier molecular flexibility index (Phi) is 5.13. The molecule has 4 aliphatic heterocycles. The molecular weight excluding hydrogens is 482 g/mol. The third kappa shape index (κ3) is 3.35. The minimum Gasteiger partial charge on any atom is -0.454 e. The number of hydrogen-bond acceptors (Lipinski definition) is 9. The van der Waals surface area contributed by atoms with E-state index in [1.54, 1.807) is 6.07 Å². The Morgan fingerprint density at radius 2 is 1.73 bits per heavy atom. The molecule has 6 rings (SSSR count). The number of imide groups is 2. The largest absolute Gasteiger partial charge is 0.454 e. The van der Waals surface area contributed by atoms with E-state index in [0.717, 1.165) is 21.1 Å². The van der Waals surface area contributed by atoms with Crippen molar-refractivity contribution in [1.82, 2.24) is 14.7 Å². The molecule has 12 nitrogen and oxygen atoms in total. The number of anilines is 1. The second kappa shape index (κ2) is 8.17. The number of nitro groups is 1. The molecule has 37 heavy (non-hydrogen) atoms. The number of nitrogens with zero attached hydrogens (tertiary/aromatic N) is 5. The lowest BCUT2D eigenvalue weighted by Gasteiger charge is -2.56. The van der Waals surface area contributed by atoms with Crippen LogP contribution in [-0.2, 0) is 22.6 Å². The summed E-state index contributed by atoms with van der Waals surface area (Å²) in [6.45, 7) is 2.28. The zero-order valence-corrected chi connectivity index (χ0v) is 20.4. The smallest absolute Gasteiger partial charge is 0.332 e. The molecule has 1 atom stereocenters. The first-order chi connectivity index (χ1) is 17.7. The minimum atomic E-state index is -1.59. The van der Waals surface area contributed by atoms with E-state index in [-0.39, 0.29) is 18.9 Å². The van der Waals surface area contributed by atoms with Crippen molar-refractivity contribution in [2.75, 3.05) is 45.4 Å². The van der Waals surface area contributed by atoms with Crippen molar-refractivity contribution in [2.45, 2.75) is 19.0 Å². The fourth-order valence-electron chi connectivity index (χ4n) is 6.04. The first kappa shape index (κ1) is 23.2. The summed E-state index contributed by atoms with van der Waals surface area (Å²) in [5.74, 6) is 0.204. The number of fused-ring (bicyclic) bond motifs is 5. The molecule has 0 aromatic heterocycles. The van der Waals surface area contributed by atoms with Gasteiger partial charge in [-0.05, 0) is 29.3 Å². The first-order valence-electron chi connectivity index (χ1n) is 12.0. The number of amides is 4. The van der Waals surface area contributed by atoms with Gasteiger partial charge in [0.15, 0.2) is 16.9 Å². The lowest BCUT2D eigenvalue weighted by atomic mass is 9.67. The third-order valence-corrected chi connectivity index (χ3v) is 7.88. The van der Waals surface area contributed by atoms with Crippen LogP contribution < -0.4 is 14.4 Å². The van der Waals surface area contributed by atoms with Gasteiger partial charge in [0.1, 0.15) is 0 Å². The maximum Gasteiger partial charge on any atom is 0.332 e. The molecular formula is C25H25N5O7. The zero-order chi connectivity index (χ0) is 26.1. The number of nitro benzene ring substituents is 1. The van der Waals surface area contributed by atoms with E-state index in [1.807, 2.05) is 23.1 Å². The highest BCUT2D eigenvalue weighted by Gasteiger charge is 2.63. The van der Waals surface area contributed by atoms with Gasteiger partial charge in [0.05, 0.1) is 11.0 Å². The zero-order valence-electron chi connectivity index (χ0n) is 20.4. The normalized spacial score (nSPS) is 22.4. The van der Waals surface area contributed by atoms with Crippen LogP contribution in [0, 0.1) is 15.5 Å². The van der Waals surface area contributed by atoms with Crippen LogP contribution in [0.3, 0.4) is 0 Å². The summed E-state index contributed by atoms with van der Waals surface area (Å²) in [6, 6.07) is 9.06. The van der Waals surface area contributed by atoms with Gasteiger partial charge >= 0.3 is 6.03 Å². The van der Waals surface area contributed by atoms with Gasteiger partial charge in [-0.3, -0.25) is 34.4 Å². The minimum absolute atomic E-state index is 0.0251. The molecule has 0 radical (unpaired) electrons. The highest BCUT2D eigenvalue weighted by atomic mass is 16.7. The van der Waals surface area contributed by atoms with E-state index < -0.39 is 34.2 Å². The van der Waals surface area contributed by atoms with Crippen molar-refractivity contribution in [3.05, 3.63) is 57.6 Å². The number of carbonyl (C=O) groups excluding carboxylic acids is 3. The van der Waals surface area contributed by atoms with Crippen LogP contribution in [0.15, 0.2) is 36.4 Å². The van der Waals surface area contributed by atoms with E-state index in [2.05, 4.69) is 4.90 Å². The molecule has 2 aromatic carbocycles. The molecule has 0 bridgehead atoms. The number of benzene rings is 2. The lowest BCUT2D eigenvalue weighted by molar-refractivity contribution is -0.384. The van der Waals surface area contributed by atoms with Crippen LogP contribution in [0.2, 0.25) is 0 Å². The Morgan fingerprint density at radius 3 is 2.46 bits per heavy atom. The van der Waals surface area contributed by atoms with Gasteiger partial charge < -0.3 is 14.4 Å². The molecule has 2 aromatic rings. The summed E-state index contributed by atoms with van der Waals surface area (Å²) in [5.41, 5.74) is 0.624. The Hall–Kier alpha value is -4.19. The van der Waals surface area contributed by atoms with Crippen LogP contribution in [0.25, 0.3) is 0 Å². The molecule has 4 amide bonds. The molecule has 4 heterocycles. The van der Waals surface area contributed by atoms with Gasteiger partial charge in [-0.15, -0.1) is 0 Å². The predicted octanol–water partition coefficient (Wildman–Crippen LogP) is 1.61. The SMILES string of the molecule is CN1C(=O)N(C)C(=O)C2(Cc3cc([N+](=O)[O-])ccc3N3CCN(Cc4ccc5c(c4)OCO5)CC32)C1=O. The van der Waals surface area contributed by atoms with E-state index in [0.29, 0.717) is 43.2 Å². The van der Waals surface area contributed by atoms with Crippen LogP contribution in [0.5, 0.6) is 11.5 Å². The van der Waals surface area contributed by atoms with Crippen molar-refractivity contribution in [3.63, 3.8) is 0 Å². The Morgan fingerprint density at radius 1 is 1.00 bits per heavy atom. The van der Waals surface area contributed by atoms with Crippen LogP contribution >= 0.6 is 0 Å². The molecule has 0 aliphatic carbocycles. The first-order valence-corrected chi connectivity index (χ1v) is 12.0. The maximum absolute atomic E-state index is 13.8. The Labute approximate surface area is 212 Å². The van der Waals surface area contributed by atoms with Gasteiger partial charge in [-0.25, -0.2) is 4.79 Å². The quantitative estimate of drug-likeness (QED) is 0.346. The summed E-state index contributed by atoms with van der Waals surface area (Å²) in [4.78, 5) is 57.3. The number of hydrogen-bond donors (Lipinski definition) is 0. The molecule has 0 N–H and O–H groups in total. The standard InChI is InChI=1S/C25H25N5O7/c1-26-22(31)25(23(32)27(2)24(26)33)11-16-10-17(30(34)35)4-5-18(16)29-8-7-28(13-21(25)29)12-15-3-6-19-20(9-15)37-14-36-19/h3-6,9-10,21H,7-8,11-14H2,1-2H3. The second-order valence-corrected chi connectivity index (χ2v) is 9.86. The van der Waals surface area contributed by atoms with Crippen molar-refractivity contribution in [1.29, 1.82) is 0 Å². The van der Waals surface area contributed by atoms with E-state index in [1.165, 1.54) is 26.2 Å². The fourth-order valence-corrected chi connectivity index (χ4v) is 6.04. The lowest BCUT2D eigenvalue weighted by Crippen LogP contribution is -2.74. The predicted molar refractivity (Wildman–Crippen MR) is 129 cm³/mol. The number of carbonyl (C=O) groups is 3. The third-order valence-electron chi connectivity index (χ3n) is 7.88. The van der Waals surface area contributed by atoms with Crippen molar-refractivity contribution >= 4 is 29.2 Å². The number of non-ortho nitro benzene ring substituents is 1. The molecule has 0 saturated carbocycles. The number of rotatable bonds is 3. The van der Waals surface area contributed by atoms with E-state index in [4.69, 9.17) is 9.47 Å². The van der Waals surface area contributed by atoms with Gasteiger partial charge in [-0.2, -0.15) is 0 Å². The molecule has 2 fully saturated rings. The highest BCUT2D eigenvalue weighted by molar-refractivity contribution is 6.20. The average Bonchev–Trinajstić information content (AvgIpc) is 3.37. The van der Waals surface area contributed by atoms with Crippen LogP contribution in [0.1, 0.15) is 11.1 Å². The van der Waals surface area contributed by atoms with Gasteiger partial charge in [0.25, 0.3) is 5.69 Å². The summed E-state index contributed by atoms with van der Waals surface area (Å²) in [6.07, 6.45) is -0.0251. The van der Waals surface area contributed by atoms with Gasteiger partial charge in [0.2, 0.25) is 18.6 Å². The monoisotopic (exact) mass is 507 g/mol. The van der Waals surface area contributed by atoms with Gasteiger partial charge in [0, 0.05) is 64.5 Å². The van der Waals surface area contributed by atoms with E-state index in [9.17, 15) is 24.5 Å². The summed E-state index contributed by atoms with van der Waals surface area (Å²) in [5, 5.41) is 11.5. The van der Waals surface area contributed by atoms with Crippen molar-refractivity contribution in [3.8, 4) is 11.5 Å². The number of barbiturate groups is 1. The van der Waals surface area contributed by atoms with Crippen LogP contribution in [0.4, 0.5) is 16.2 Å². The number of urea groups is 1. The molecule has 1 spiro atoms.